The molecule has 0 bridgehead atoms. The fourth-order valence-corrected chi connectivity index (χ4v) is 3.02. The largest absolute Gasteiger partial charge is 0.371 e. The van der Waals surface area contributed by atoms with Crippen LogP contribution in [0.5, 0.6) is 5.75 Å². The van der Waals surface area contributed by atoms with Gasteiger partial charge in [-0.25, -0.2) is 9.07 Å². The van der Waals surface area contributed by atoms with E-state index in [0.29, 0.717) is 11.8 Å². The van der Waals surface area contributed by atoms with Crippen molar-refractivity contribution in [1.82, 2.24) is 9.78 Å². The maximum atomic E-state index is 13.3. The highest BCUT2D eigenvalue weighted by molar-refractivity contribution is 7.87. The fourth-order valence-electron chi connectivity index (χ4n) is 2.15. The number of hydrogen-bond acceptors (Lipinski definition) is 6. The van der Waals surface area contributed by atoms with Gasteiger partial charge in [0, 0.05) is 12.1 Å². The summed E-state index contributed by atoms with van der Waals surface area (Å²) >= 11 is 0. The molecule has 0 atom stereocenters. The van der Waals surface area contributed by atoms with E-state index in [0.717, 1.165) is 23.9 Å². The van der Waals surface area contributed by atoms with Gasteiger partial charge in [-0.15, -0.1) is 0 Å². The molecule has 0 spiro atoms. The number of nitrogens with zero attached hydrogens (tertiary/aromatic N) is 3. The van der Waals surface area contributed by atoms with Crippen molar-refractivity contribution in [3.63, 3.8) is 0 Å². The Hall–Kier alpha value is -3.27. The van der Waals surface area contributed by atoms with E-state index < -0.39 is 32.3 Å². The number of rotatable bonds is 5. The third-order valence-electron chi connectivity index (χ3n) is 3.46. The van der Waals surface area contributed by atoms with Crippen LogP contribution in [0.15, 0.2) is 59.8 Å². The van der Waals surface area contributed by atoms with Gasteiger partial charge in [0.05, 0.1) is 23.0 Å². The summed E-state index contributed by atoms with van der Waals surface area (Å²) in [4.78, 5) is 9.78. The van der Waals surface area contributed by atoms with E-state index in [1.54, 1.807) is 12.1 Å². The molecule has 3 rings (SSSR count). The van der Waals surface area contributed by atoms with Gasteiger partial charge in [0.25, 0.3) is 0 Å². The van der Waals surface area contributed by atoms with Gasteiger partial charge in [-0.1, -0.05) is 17.7 Å². The van der Waals surface area contributed by atoms with Crippen molar-refractivity contribution in [2.45, 2.75) is 11.8 Å². The van der Waals surface area contributed by atoms with E-state index >= 15 is 0 Å². The number of hydrogen-bond donors (Lipinski definition) is 0. The first kappa shape index (κ1) is 17.5. The molecule has 134 valence electrons. The number of aryl methyl sites for hydroxylation is 1. The van der Waals surface area contributed by atoms with Crippen LogP contribution in [0.25, 0.3) is 5.69 Å². The average Bonchev–Trinajstić information content (AvgIpc) is 3.06. The lowest BCUT2D eigenvalue weighted by molar-refractivity contribution is -0.385. The average molecular weight is 377 g/mol. The van der Waals surface area contributed by atoms with Crippen LogP contribution in [0.2, 0.25) is 0 Å². The summed E-state index contributed by atoms with van der Waals surface area (Å²) in [6.45, 7) is 1.91. The molecule has 8 nitrogen and oxygen atoms in total. The standard InChI is InChI=1S/C16H12FN3O5S/c1-11-2-5-13(6-3-11)19-10-14(9-18-19)26(23,24)25-16-8-12(17)4-7-15(16)20(21)22/h2-10H,1H3. The van der Waals surface area contributed by atoms with E-state index in [1.165, 1.54) is 10.9 Å². The van der Waals surface area contributed by atoms with Crippen LogP contribution in [0.4, 0.5) is 10.1 Å². The number of nitro groups is 1. The molecule has 26 heavy (non-hydrogen) atoms. The third-order valence-corrected chi connectivity index (χ3v) is 4.65. The third kappa shape index (κ3) is 3.54. The minimum absolute atomic E-state index is 0.323. The molecule has 0 aliphatic carbocycles. The monoisotopic (exact) mass is 377 g/mol. The van der Waals surface area contributed by atoms with Gasteiger partial charge in [0.1, 0.15) is 10.7 Å². The minimum Gasteiger partial charge on any atom is -0.371 e. The molecule has 0 saturated heterocycles. The van der Waals surface area contributed by atoms with Crippen LogP contribution in [-0.2, 0) is 10.1 Å². The number of benzene rings is 2. The highest BCUT2D eigenvalue weighted by Crippen LogP contribution is 2.30. The normalized spacial score (nSPS) is 11.3. The first-order chi connectivity index (χ1) is 12.3. The van der Waals surface area contributed by atoms with Crippen molar-refractivity contribution in [2.75, 3.05) is 0 Å². The highest BCUT2D eigenvalue weighted by atomic mass is 32.2. The maximum Gasteiger partial charge on any atom is 0.342 e. The smallest absolute Gasteiger partial charge is 0.342 e. The van der Waals surface area contributed by atoms with Crippen LogP contribution in [0.1, 0.15) is 5.56 Å². The Bertz CT molecular complexity index is 1080. The van der Waals surface area contributed by atoms with E-state index in [-0.39, 0.29) is 4.90 Å². The molecule has 0 aliphatic heterocycles. The molecule has 0 radical (unpaired) electrons. The molecular weight excluding hydrogens is 365 g/mol. The lowest BCUT2D eigenvalue weighted by Gasteiger charge is -2.06. The molecule has 0 fully saturated rings. The van der Waals surface area contributed by atoms with Crippen molar-refractivity contribution in [2.24, 2.45) is 0 Å². The number of nitro benzene ring substituents is 1. The Morgan fingerprint density at radius 3 is 2.54 bits per heavy atom. The lowest BCUT2D eigenvalue weighted by Crippen LogP contribution is -2.10. The Kier molecular flexibility index (Phi) is 4.43. The van der Waals surface area contributed by atoms with Crippen LogP contribution >= 0.6 is 0 Å². The predicted molar refractivity (Wildman–Crippen MR) is 89.2 cm³/mol. The summed E-state index contributed by atoms with van der Waals surface area (Å²) in [5.74, 6) is -1.57. The molecule has 2 aromatic carbocycles. The fraction of sp³-hybridized carbons (Fsp3) is 0.0625. The van der Waals surface area contributed by atoms with Gasteiger partial charge in [0.2, 0.25) is 5.75 Å². The van der Waals surface area contributed by atoms with Crippen molar-refractivity contribution in [1.29, 1.82) is 0 Å². The summed E-state index contributed by atoms with van der Waals surface area (Å²) < 4.78 is 44.1. The zero-order valence-electron chi connectivity index (χ0n) is 13.4. The first-order valence-electron chi connectivity index (χ1n) is 7.26. The summed E-state index contributed by atoms with van der Waals surface area (Å²) in [5.41, 5.74) is 0.977. The number of aromatic nitrogens is 2. The van der Waals surface area contributed by atoms with Crippen molar-refractivity contribution < 1.29 is 21.9 Å². The molecule has 0 amide bonds. The molecule has 1 heterocycles. The Morgan fingerprint density at radius 1 is 1.19 bits per heavy atom. The van der Waals surface area contributed by atoms with Gasteiger partial charge in [-0.05, 0) is 25.1 Å². The summed E-state index contributed by atoms with van der Waals surface area (Å²) in [6, 6.07) is 9.46. The van der Waals surface area contributed by atoms with E-state index in [9.17, 15) is 22.9 Å². The van der Waals surface area contributed by atoms with Crippen molar-refractivity contribution in [3.8, 4) is 11.4 Å². The van der Waals surface area contributed by atoms with Crippen LogP contribution in [0, 0.1) is 22.9 Å². The van der Waals surface area contributed by atoms with E-state index in [1.807, 2.05) is 19.1 Å². The zero-order chi connectivity index (χ0) is 18.9. The predicted octanol–water partition coefficient (Wildman–Crippen LogP) is 3.00. The SMILES string of the molecule is Cc1ccc(-n2cc(S(=O)(=O)Oc3cc(F)ccc3[N+](=O)[O-])cn2)cc1. The molecule has 1 aromatic heterocycles. The summed E-state index contributed by atoms with van der Waals surface area (Å²) in [5, 5.41) is 14.9. The second-order valence-electron chi connectivity index (χ2n) is 5.36. The molecule has 3 aromatic rings. The molecule has 0 N–H and O–H groups in total. The summed E-state index contributed by atoms with van der Waals surface area (Å²) in [7, 11) is -4.44. The van der Waals surface area contributed by atoms with E-state index in [2.05, 4.69) is 5.10 Å². The van der Waals surface area contributed by atoms with Crippen LogP contribution in [0.3, 0.4) is 0 Å². The zero-order valence-corrected chi connectivity index (χ0v) is 14.2. The minimum atomic E-state index is -4.44. The molecule has 0 unspecified atom stereocenters. The first-order valence-corrected chi connectivity index (χ1v) is 8.67. The van der Waals surface area contributed by atoms with Gasteiger partial charge >= 0.3 is 15.8 Å². The Balaban J connectivity index is 1.94. The van der Waals surface area contributed by atoms with Gasteiger partial charge in [0.15, 0.2) is 0 Å². The van der Waals surface area contributed by atoms with E-state index in [4.69, 9.17) is 4.18 Å². The second kappa shape index (κ2) is 6.56. The van der Waals surface area contributed by atoms with Gasteiger partial charge in [-0.3, -0.25) is 10.1 Å². The molecule has 10 heteroatoms. The topological polar surface area (TPSA) is 104 Å². The number of halogens is 1. The Morgan fingerprint density at radius 2 is 1.88 bits per heavy atom. The summed E-state index contributed by atoms with van der Waals surface area (Å²) in [6.07, 6.45) is 2.24. The molecule has 0 saturated carbocycles. The molecular formula is C16H12FN3O5S. The van der Waals surface area contributed by atoms with Gasteiger partial charge < -0.3 is 4.18 Å². The quantitative estimate of drug-likeness (QED) is 0.385. The van der Waals surface area contributed by atoms with Crippen molar-refractivity contribution in [3.05, 3.63) is 76.4 Å². The highest BCUT2D eigenvalue weighted by Gasteiger charge is 2.25. The molecule has 0 aliphatic rings. The Labute approximate surface area is 147 Å². The maximum absolute atomic E-state index is 13.3. The van der Waals surface area contributed by atoms with Crippen LogP contribution in [-0.4, -0.2) is 23.1 Å². The van der Waals surface area contributed by atoms with Gasteiger partial charge in [-0.2, -0.15) is 13.5 Å². The van der Waals surface area contributed by atoms with Crippen molar-refractivity contribution >= 4 is 15.8 Å². The second-order valence-corrected chi connectivity index (χ2v) is 6.91. The van der Waals surface area contributed by atoms with Crippen LogP contribution < -0.4 is 4.18 Å². The lowest BCUT2D eigenvalue weighted by atomic mass is 10.2.